The Bertz CT molecular complexity index is 713. The lowest BCUT2D eigenvalue weighted by atomic mass is 9.79. The normalized spacial score (nSPS) is 21.0. The molecule has 3 rings (SSSR count). The van der Waals surface area contributed by atoms with Crippen molar-refractivity contribution in [3.63, 3.8) is 0 Å². The summed E-state index contributed by atoms with van der Waals surface area (Å²) in [4.78, 5) is 0. The molecule has 0 spiro atoms. The first-order valence-corrected chi connectivity index (χ1v) is 8.04. The number of aliphatic hydroxyl groups is 1. The largest absolute Gasteiger partial charge is 0.396 e. The van der Waals surface area contributed by atoms with Gasteiger partial charge in [0, 0.05) is 12.2 Å². The van der Waals surface area contributed by atoms with Crippen LogP contribution in [0.1, 0.15) is 37.2 Å². The highest BCUT2D eigenvalue weighted by atomic mass is 19.2. The summed E-state index contributed by atoms with van der Waals surface area (Å²) in [5, 5.41) is 9.17. The Morgan fingerprint density at radius 2 is 1.46 bits per heavy atom. The summed E-state index contributed by atoms with van der Waals surface area (Å²) in [7, 11) is 0. The Kier molecular flexibility index (Phi) is 4.90. The molecular formula is C19H18F4O. The number of halogens is 4. The maximum Gasteiger partial charge on any atom is 0.194 e. The van der Waals surface area contributed by atoms with Crippen LogP contribution in [0.2, 0.25) is 0 Å². The van der Waals surface area contributed by atoms with Crippen LogP contribution in [0, 0.1) is 29.2 Å². The fraction of sp³-hybridized carbons (Fsp3) is 0.368. The summed E-state index contributed by atoms with van der Waals surface area (Å²) in [6, 6.07) is 6.21. The van der Waals surface area contributed by atoms with Crippen molar-refractivity contribution in [2.75, 3.05) is 6.61 Å². The van der Waals surface area contributed by atoms with E-state index in [0.717, 1.165) is 43.4 Å². The van der Waals surface area contributed by atoms with Gasteiger partial charge in [-0.25, -0.2) is 17.6 Å². The molecule has 2 aromatic carbocycles. The van der Waals surface area contributed by atoms with E-state index in [1.807, 2.05) is 0 Å². The third kappa shape index (κ3) is 3.31. The van der Waals surface area contributed by atoms with Crippen molar-refractivity contribution in [3.8, 4) is 11.1 Å². The summed E-state index contributed by atoms with van der Waals surface area (Å²) in [5.74, 6) is -4.28. The highest BCUT2D eigenvalue weighted by Gasteiger charge is 2.23. The van der Waals surface area contributed by atoms with Gasteiger partial charge < -0.3 is 5.11 Å². The van der Waals surface area contributed by atoms with Crippen LogP contribution >= 0.6 is 0 Å². The fourth-order valence-corrected chi connectivity index (χ4v) is 3.41. The molecule has 0 aromatic heterocycles. The van der Waals surface area contributed by atoms with Crippen LogP contribution in [0.15, 0.2) is 30.3 Å². The standard InChI is InChI=1S/C19H18F4O/c20-16-7-13(12-3-1-11(10-24)2-4-12)5-6-15(16)14-8-17(21)19(23)18(22)9-14/h5-9,11-12,24H,1-4,10H2. The lowest BCUT2D eigenvalue weighted by Gasteiger charge is -2.27. The number of hydrogen-bond acceptors (Lipinski definition) is 1. The summed E-state index contributed by atoms with van der Waals surface area (Å²) in [6.45, 7) is 0.182. The van der Waals surface area contributed by atoms with E-state index >= 15 is 0 Å². The molecule has 1 nitrogen and oxygen atoms in total. The predicted molar refractivity (Wildman–Crippen MR) is 83.5 cm³/mol. The minimum absolute atomic E-state index is 0.0283. The van der Waals surface area contributed by atoms with E-state index in [0.29, 0.717) is 5.92 Å². The van der Waals surface area contributed by atoms with Gasteiger partial charge >= 0.3 is 0 Å². The van der Waals surface area contributed by atoms with Crippen molar-refractivity contribution in [3.05, 3.63) is 59.2 Å². The van der Waals surface area contributed by atoms with Crippen molar-refractivity contribution in [2.24, 2.45) is 5.92 Å². The highest BCUT2D eigenvalue weighted by molar-refractivity contribution is 5.65. The van der Waals surface area contributed by atoms with Gasteiger partial charge in [0.25, 0.3) is 0 Å². The van der Waals surface area contributed by atoms with Gasteiger partial charge in [0.15, 0.2) is 17.5 Å². The van der Waals surface area contributed by atoms with E-state index < -0.39 is 23.3 Å². The topological polar surface area (TPSA) is 20.2 Å². The molecule has 0 radical (unpaired) electrons. The van der Waals surface area contributed by atoms with Crippen LogP contribution in [-0.2, 0) is 0 Å². The molecule has 0 atom stereocenters. The number of aliphatic hydroxyl groups excluding tert-OH is 1. The second-order valence-electron chi connectivity index (χ2n) is 6.39. The first-order valence-electron chi connectivity index (χ1n) is 8.04. The summed E-state index contributed by atoms with van der Waals surface area (Å²) in [6.07, 6.45) is 3.56. The van der Waals surface area contributed by atoms with Gasteiger partial charge in [0.2, 0.25) is 0 Å². The Morgan fingerprint density at radius 1 is 0.833 bits per heavy atom. The molecular weight excluding hydrogens is 320 g/mol. The van der Waals surface area contributed by atoms with Gasteiger partial charge in [-0.05, 0) is 66.8 Å². The number of hydrogen-bond donors (Lipinski definition) is 1. The van der Waals surface area contributed by atoms with Crippen molar-refractivity contribution in [1.29, 1.82) is 0 Å². The Labute approximate surface area is 137 Å². The molecule has 1 saturated carbocycles. The molecule has 1 N–H and O–H groups in total. The van der Waals surface area contributed by atoms with Crippen LogP contribution in [0.25, 0.3) is 11.1 Å². The Balaban J connectivity index is 1.85. The molecule has 0 saturated heterocycles. The van der Waals surface area contributed by atoms with Crippen molar-refractivity contribution >= 4 is 0 Å². The zero-order valence-corrected chi connectivity index (χ0v) is 13.0. The molecule has 0 heterocycles. The van der Waals surface area contributed by atoms with Crippen LogP contribution in [0.3, 0.4) is 0 Å². The summed E-state index contributed by atoms with van der Waals surface area (Å²) in [5.41, 5.74) is 0.857. The second kappa shape index (κ2) is 6.93. The Hall–Kier alpha value is -1.88. The van der Waals surface area contributed by atoms with Crippen molar-refractivity contribution in [1.82, 2.24) is 0 Å². The van der Waals surface area contributed by atoms with E-state index in [-0.39, 0.29) is 23.7 Å². The van der Waals surface area contributed by atoms with Gasteiger partial charge in [0.05, 0.1) is 0 Å². The molecule has 1 aliphatic carbocycles. The third-order valence-corrected chi connectivity index (χ3v) is 4.86. The van der Waals surface area contributed by atoms with Crippen LogP contribution < -0.4 is 0 Å². The first-order chi connectivity index (χ1) is 11.5. The number of rotatable bonds is 3. The smallest absolute Gasteiger partial charge is 0.194 e. The minimum Gasteiger partial charge on any atom is -0.396 e. The van der Waals surface area contributed by atoms with E-state index in [1.165, 1.54) is 12.1 Å². The monoisotopic (exact) mass is 338 g/mol. The van der Waals surface area contributed by atoms with Gasteiger partial charge in [0.1, 0.15) is 5.82 Å². The average Bonchev–Trinajstić information content (AvgIpc) is 2.59. The van der Waals surface area contributed by atoms with Crippen LogP contribution in [0.4, 0.5) is 17.6 Å². The fourth-order valence-electron chi connectivity index (χ4n) is 3.41. The number of benzene rings is 2. The van der Waals surface area contributed by atoms with E-state index in [2.05, 4.69) is 0 Å². The van der Waals surface area contributed by atoms with Gasteiger partial charge in [-0.1, -0.05) is 12.1 Å². The molecule has 2 aromatic rings. The van der Waals surface area contributed by atoms with Gasteiger partial charge in [-0.3, -0.25) is 0 Å². The molecule has 5 heteroatoms. The van der Waals surface area contributed by atoms with E-state index in [1.54, 1.807) is 6.07 Å². The molecule has 0 bridgehead atoms. The molecule has 128 valence electrons. The minimum atomic E-state index is -1.56. The van der Waals surface area contributed by atoms with Gasteiger partial charge in [-0.2, -0.15) is 0 Å². The predicted octanol–water partition coefficient (Wildman–Crippen LogP) is 5.18. The highest BCUT2D eigenvalue weighted by Crippen LogP contribution is 2.37. The molecule has 1 fully saturated rings. The zero-order chi connectivity index (χ0) is 17.3. The first kappa shape index (κ1) is 17.0. The zero-order valence-electron chi connectivity index (χ0n) is 13.0. The molecule has 0 aliphatic heterocycles. The average molecular weight is 338 g/mol. The Morgan fingerprint density at radius 3 is 2.00 bits per heavy atom. The van der Waals surface area contributed by atoms with Gasteiger partial charge in [-0.15, -0.1) is 0 Å². The quantitative estimate of drug-likeness (QED) is 0.604. The maximum atomic E-state index is 14.4. The third-order valence-electron chi connectivity index (χ3n) is 4.86. The lowest BCUT2D eigenvalue weighted by molar-refractivity contribution is 0.182. The maximum absolute atomic E-state index is 14.4. The molecule has 0 unspecified atom stereocenters. The van der Waals surface area contributed by atoms with Crippen molar-refractivity contribution in [2.45, 2.75) is 31.6 Å². The summed E-state index contributed by atoms with van der Waals surface area (Å²) >= 11 is 0. The lowest BCUT2D eigenvalue weighted by Crippen LogP contribution is -2.16. The van der Waals surface area contributed by atoms with Crippen molar-refractivity contribution < 1.29 is 22.7 Å². The SMILES string of the molecule is OCC1CCC(c2ccc(-c3cc(F)c(F)c(F)c3)c(F)c2)CC1. The van der Waals surface area contributed by atoms with E-state index in [9.17, 15) is 22.7 Å². The van der Waals surface area contributed by atoms with E-state index in [4.69, 9.17) is 0 Å². The molecule has 24 heavy (non-hydrogen) atoms. The van der Waals surface area contributed by atoms with Crippen LogP contribution in [0.5, 0.6) is 0 Å². The molecule has 1 aliphatic rings. The summed E-state index contributed by atoms with van der Waals surface area (Å²) < 4.78 is 54.1. The second-order valence-corrected chi connectivity index (χ2v) is 6.39. The molecule has 0 amide bonds. The van der Waals surface area contributed by atoms with Crippen LogP contribution in [-0.4, -0.2) is 11.7 Å².